The van der Waals surface area contributed by atoms with Crippen molar-refractivity contribution in [3.05, 3.63) is 17.0 Å². The number of hydrogen-bond donors (Lipinski definition) is 1. The number of nitrogens with zero attached hydrogens (tertiary/aromatic N) is 3. The fraction of sp³-hybridized carbons (Fsp3) is 0.706. The molecule has 0 spiro atoms. The van der Waals surface area contributed by atoms with Crippen molar-refractivity contribution < 1.29 is 27.9 Å². The van der Waals surface area contributed by atoms with E-state index in [2.05, 4.69) is 5.10 Å². The van der Waals surface area contributed by atoms with Crippen molar-refractivity contribution in [2.75, 3.05) is 6.54 Å². The summed E-state index contributed by atoms with van der Waals surface area (Å²) >= 11 is 0. The number of amides is 1. The minimum absolute atomic E-state index is 0.277. The Balaban J connectivity index is 2.27. The number of aryl methyl sites for hydroxylation is 1. The Kier molecular flexibility index (Phi) is 5.67. The molecule has 9 heteroatoms. The predicted octanol–water partition coefficient (Wildman–Crippen LogP) is 2.88. The van der Waals surface area contributed by atoms with Crippen LogP contribution in [0.15, 0.2) is 0 Å². The number of likely N-dealkylation sites (tertiary alicyclic amines) is 1. The van der Waals surface area contributed by atoms with Crippen LogP contribution < -0.4 is 0 Å². The standard InChI is InChI=1S/C17H24F3N3O3/c1-9(14-10(2)21-23(12(14)4)8-17(18,19)20)15(24)22-7-5-6-13(11(22)3)16(25)26/h9,11,13H,5-8H2,1-4H3,(H,25,26)/t9?,11-,13-/m0/s1. The molecule has 1 fully saturated rings. The van der Waals surface area contributed by atoms with Crippen molar-refractivity contribution in [2.24, 2.45) is 5.92 Å². The molecule has 1 aromatic rings. The fourth-order valence-corrected chi connectivity index (χ4v) is 3.82. The Morgan fingerprint density at radius 2 is 1.96 bits per heavy atom. The van der Waals surface area contributed by atoms with Gasteiger partial charge in [-0.1, -0.05) is 0 Å². The smallest absolute Gasteiger partial charge is 0.408 e. The van der Waals surface area contributed by atoms with Crippen molar-refractivity contribution >= 4 is 11.9 Å². The topological polar surface area (TPSA) is 75.4 Å². The van der Waals surface area contributed by atoms with Crippen LogP contribution in [0.5, 0.6) is 0 Å². The molecule has 0 saturated carbocycles. The molecule has 26 heavy (non-hydrogen) atoms. The summed E-state index contributed by atoms with van der Waals surface area (Å²) in [5.74, 6) is -2.53. The lowest BCUT2D eigenvalue weighted by Crippen LogP contribution is -2.50. The maximum absolute atomic E-state index is 12.9. The van der Waals surface area contributed by atoms with Gasteiger partial charge in [0.25, 0.3) is 0 Å². The van der Waals surface area contributed by atoms with Crippen molar-refractivity contribution in [3.63, 3.8) is 0 Å². The lowest BCUT2D eigenvalue weighted by atomic mass is 9.88. The van der Waals surface area contributed by atoms with Gasteiger partial charge in [0.1, 0.15) is 6.54 Å². The molecule has 0 aliphatic carbocycles. The third kappa shape index (κ3) is 4.02. The van der Waals surface area contributed by atoms with Crippen LogP contribution in [0.2, 0.25) is 0 Å². The highest BCUT2D eigenvalue weighted by Crippen LogP contribution is 2.31. The average Bonchev–Trinajstić information content (AvgIpc) is 2.78. The molecule has 2 heterocycles. The number of halogens is 3. The Morgan fingerprint density at radius 1 is 1.35 bits per heavy atom. The molecular weight excluding hydrogens is 351 g/mol. The van der Waals surface area contributed by atoms with E-state index in [4.69, 9.17) is 0 Å². The number of carbonyl (C=O) groups is 2. The summed E-state index contributed by atoms with van der Waals surface area (Å²) in [6.45, 7) is 5.68. The molecule has 1 aromatic heterocycles. The van der Waals surface area contributed by atoms with Crippen LogP contribution in [0.4, 0.5) is 13.2 Å². The highest BCUT2D eigenvalue weighted by molar-refractivity contribution is 5.85. The SMILES string of the molecule is Cc1nn(CC(F)(F)F)c(C)c1C(C)C(=O)N1CCC[C@H](C(=O)O)[C@@H]1C. The summed E-state index contributed by atoms with van der Waals surface area (Å²) in [5, 5.41) is 13.2. The highest BCUT2D eigenvalue weighted by Gasteiger charge is 2.38. The Hall–Kier alpha value is -2.06. The second-order valence-electron chi connectivity index (χ2n) is 6.94. The van der Waals surface area contributed by atoms with Gasteiger partial charge in [-0.3, -0.25) is 14.3 Å². The van der Waals surface area contributed by atoms with E-state index in [0.717, 1.165) is 4.68 Å². The summed E-state index contributed by atoms with van der Waals surface area (Å²) in [7, 11) is 0. The van der Waals surface area contributed by atoms with E-state index in [1.165, 1.54) is 11.8 Å². The van der Waals surface area contributed by atoms with Crippen LogP contribution in [-0.4, -0.2) is 50.4 Å². The van der Waals surface area contributed by atoms with Gasteiger partial charge >= 0.3 is 12.1 Å². The molecule has 0 aromatic carbocycles. The number of carboxylic acid groups (broad SMARTS) is 1. The predicted molar refractivity (Wildman–Crippen MR) is 87.7 cm³/mol. The summed E-state index contributed by atoms with van der Waals surface area (Å²) in [4.78, 5) is 25.8. The molecule has 1 saturated heterocycles. The number of rotatable bonds is 4. The second kappa shape index (κ2) is 7.28. The zero-order valence-electron chi connectivity index (χ0n) is 15.3. The van der Waals surface area contributed by atoms with E-state index >= 15 is 0 Å². The molecule has 0 radical (unpaired) electrons. The van der Waals surface area contributed by atoms with Crippen molar-refractivity contribution in [3.8, 4) is 0 Å². The number of carbonyl (C=O) groups excluding carboxylic acids is 1. The van der Waals surface area contributed by atoms with Gasteiger partial charge in [-0.05, 0) is 40.5 Å². The van der Waals surface area contributed by atoms with E-state index in [9.17, 15) is 27.9 Å². The second-order valence-corrected chi connectivity index (χ2v) is 6.94. The largest absolute Gasteiger partial charge is 0.481 e. The van der Waals surface area contributed by atoms with E-state index in [0.29, 0.717) is 36.3 Å². The van der Waals surface area contributed by atoms with Crippen LogP contribution in [0.25, 0.3) is 0 Å². The zero-order valence-corrected chi connectivity index (χ0v) is 15.3. The summed E-state index contributed by atoms with van der Waals surface area (Å²) in [5.41, 5.74) is 1.16. The quantitative estimate of drug-likeness (QED) is 0.878. The van der Waals surface area contributed by atoms with E-state index in [1.807, 2.05) is 0 Å². The first kappa shape index (κ1) is 20.3. The normalized spacial score (nSPS) is 22.3. The minimum Gasteiger partial charge on any atom is -0.481 e. The van der Waals surface area contributed by atoms with Crippen molar-refractivity contribution in [1.82, 2.24) is 14.7 Å². The van der Waals surface area contributed by atoms with Gasteiger partial charge in [0.15, 0.2) is 0 Å². The first-order chi connectivity index (χ1) is 11.9. The Labute approximate surface area is 150 Å². The van der Waals surface area contributed by atoms with Gasteiger partial charge in [0.05, 0.1) is 17.5 Å². The number of hydrogen-bond acceptors (Lipinski definition) is 3. The third-order valence-electron chi connectivity index (χ3n) is 5.16. The van der Waals surface area contributed by atoms with Crippen molar-refractivity contribution in [1.29, 1.82) is 0 Å². The van der Waals surface area contributed by atoms with E-state index in [1.54, 1.807) is 20.8 Å². The lowest BCUT2D eigenvalue weighted by molar-refractivity contribution is -0.149. The maximum atomic E-state index is 12.9. The number of carboxylic acids is 1. The van der Waals surface area contributed by atoms with Gasteiger partial charge in [-0.2, -0.15) is 18.3 Å². The van der Waals surface area contributed by atoms with Gasteiger partial charge in [0, 0.05) is 23.8 Å². The molecular formula is C17H24F3N3O3. The van der Waals surface area contributed by atoms with Crippen LogP contribution in [0, 0.1) is 19.8 Å². The fourth-order valence-electron chi connectivity index (χ4n) is 3.82. The van der Waals surface area contributed by atoms with Gasteiger partial charge in [-0.15, -0.1) is 0 Å². The molecule has 1 N–H and O–H groups in total. The van der Waals surface area contributed by atoms with Gasteiger partial charge in [0.2, 0.25) is 5.91 Å². The number of aromatic nitrogens is 2. The maximum Gasteiger partial charge on any atom is 0.408 e. The lowest BCUT2D eigenvalue weighted by Gasteiger charge is -2.39. The molecule has 0 bridgehead atoms. The molecule has 3 atom stereocenters. The first-order valence-electron chi connectivity index (χ1n) is 8.58. The molecule has 2 rings (SSSR count). The highest BCUT2D eigenvalue weighted by atomic mass is 19.4. The average molecular weight is 375 g/mol. The molecule has 1 amide bonds. The third-order valence-corrected chi connectivity index (χ3v) is 5.16. The van der Waals surface area contributed by atoms with Crippen LogP contribution in [0.1, 0.15) is 49.6 Å². The number of piperidine rings is 1. The number of alkyl halides is 3. The Morgan fingerprint density at radius 3 is 2.50 bits per heavy atom. The molecule has 1 aliphatic rings. The molecule has 1 unspecified atom stereocenters. The van der Waals surface area contributed by atoms with Gasteiger partial charge in [-0.25, -0.2) is 0 Å². The first-order valence-corrected chi connectivity index (χ1v) is 8.58. The summed E-state index contributed by atoms with van der Waals surface area (Å²) < 4.78 is 38.9. The molecule has 1 aliphatic heterocycles. The minimum atomic E-state index is -4.40. The zero-order chi connectivity index (χ0) is 19.8. The number of aliphatic carboxylic acids is 1. The van der Waals surface area contributed by atoms with Crippen molar-refractivity contribution in [2.45, 2.75) is 65.2 Å². The van der Waals surface area contributed by atoms with Crippen LogP contribution in [0.3, 0.4) is 0 Å². The van der Waals surface area contributed by atoms with Crippen LogP contribution >= 0.6 is 0 Å². The van der Waals surface area contributed by atoms with Gasteiger partial charge < -0.3 is 10.0 Å². The van der Waals surface area contributed by atoms with Crippen LogP contribution in [-0.2, 0) is 16.1 Å². The summed E-state index contributed by atoms with van der Waals surface area (Å²) in [6, 6.07) is -0.456. The molecule has 146 valence electrons. The summed E-state index contributed by atoms with van der Waals surface area (Å²) in [6.07, 6.45) is -3.30. The van der Waals surface area contributed by atoms with E-state index in [-0.39, 0.29) is 5.91 Å². The molecule has 6 nitrogen and oxygen atoms in total. The Bertz CT molecular complexity index is 699. The monoisotopic (exact) mass is 375 g/mol. The van der Waals surface area contributed by atoms with E-state index < -0.39 is 36.6 Å².